The van der Waals surface area contributed by atoms with Gasteiger partial charge in [0.25, 0.3) is 5.91 Å². The third-order valence-corrected chi connectivity index (χ3v) is 3.17. The van der Waals surface area contributed by atoms with Crippen LogP contribution in [-0.4, -0.2) is 11.1 Å². The number of rotatable bonds is 2. The molecule has 0 fully saturated rings. The zero-order valence-corrected chi connectivity index (χ0v) is 11.3. The molecule has 2 aromatic rings. The molecule has 0 saturated heterocycles. The Morgan fingerprint density at radius 1 is 1.44 bits per heavy atom. The predicted molar refractivity (Wildman–Crippen MR) is 68.0 cm³/mol. The molecule has 1 amide bonds. The highest BCUT2D eigenvalue weighted by atomic mass is 79.9. The number of carbonyl (C=O) groups is 1. The molecule has 1 aromatic carbocycles. The molecule has 0 saturated carbocycles. The summed E-state index contributed by atoms with van der Waals surface area (Å²) >= 11 is 3.03. The van der Waals surface area contributed by atoms with Crippen LogP contribution >= 0.6 is 15.9 Å². The number of carbonyl (C=O) groups excluding carboxylic acids is 1. The lowest BCUT2D eigenvalue weighted by Gasteiger charge is -2.03. The largest absolute Gasteiger partial charge is 0.338 e. The van der Waals surface area contributed by atoms with E-state index in [0.717, 1.165) is 5.56 Å². The van der Waals surface area contributed by atoms with E-state index in [1.807, 2.05) is 0 Å². The second kappa shape index (κ2) is 4.89. The lowest BCUT2D eigenvalue weighted by atomic mass is 10.2. The number of nitrogens with one attached hydrogen (secondary N) is 1. The van der Waals surface area contributed by atoms with Gasteiger partial charge in [-0.1, -0.05) is 5.16 Å². The maximum atomic E-state index is 13.0. The van der Waals surface area contributed by atoms with Crippen LogP contribution in [0.4, 0.5) is 10.3 Å². The lowest BCUT2D eigenvalue weighted by Crippen LogP contribution is -2.12. The van der Waals surface area contributed by atoms with Crippen LogP contribution in [0.15, 0.2) is 27.2 Å². The van der Waals surface area contributed by atoms with Gasteiger partial charge in [0.05, 0.1) is 10.2 Å². The number of anilines is 1. The van der Waals surface area contributed by atoms with Gasteiger partial charge in [0, 0.05) is 11.1 Å². The van der Waals surface area contributed by atoms with Gasteiger partial charge < -0.3 is 4.52 Å². The Labute approximate surface area is 111 Å². The summed E-state index contributed by atoms with van der Waals surface area (Å²) in [6.45, 7) is 3.57. The van der Waals surface area contributed by atoms with Crippen LogP contribution < -0.4 is 5.32 Å². The number of nitrogens with zero attached hydrogens (tertiary/aromatic N) is 1. The minimum atomic E-state index is -0.418. The first-order chi connectivity index (χ1) is 8.49. The van der Waals surface area contributed by atoms with E-state index < -0.39 is 5.82 Å². The maximum absolute atomic E-state index is 13.0. The smallest absolute Gasteiger partial charge is 0.258 e. The second-order valence-electron chi connectivity index (χ2n) is 3.81. The molecule has 2 rings (SSSR count). The Bertz CT molecular complexity index is 610. The van der Waals surface area contributed by atoms with Crippen molar-refractivity contribution in [1.82, 2.24) is 5.16 Å². The monoisotopic (exact) mass is 312 g/mol. The summed E-state index contributed by atoms with van der Waals surface area (Å²) in [7, 11) is 0. The SMILES string of the molecule is Cc1noc(NC(=O)c2ccc(F)c(Br)c2)c1C. The molecule has 0 radical (unpaired) electrons. The van der Waals surface area contributed by atoms with E-state index in [0.29, 0.717) is 17.1 Å². The highest BCUT2D eigenvalue weighted by Crippen LogP contribution is 2.20. The van der Waals surface area contributed by atoms with Gasteiger partial charge in [-0.25, -0.2) is 4.39 Å². The summed E-state index contributed by atoms with van der Waals surface area (Å²) in [6, 6.07) is 4.02. The average molecular weight is 313 g/mol. The Kier molecular flexibility index (Phi) is 3.47. The number of benzene rings is 1. The minimum absolute atomic E-state index is 0.237. The zero-order chi connectivity index (χ0) is 13.3. The van der Waals surface area contributed by atoms with E-state index in [1.54, 1.807) is 13.8 Å². The van der Waals surface area contributed by atoms with Crippen molar-refractivity contribution in [3.05, 3.63) is 45.3 Å². The maximum Gasteiger partial charge on any atom is 0.258 e. The molecular weight excluding hydrogens is 303 g/mol. The van der Waals surface area contributed by atoms with E-state index in [1.165, 1.54) is 18.2 Å². The van der Waals surface area contributed by atoms with Gasteiger partial charge in [-0.15, -0.1) is 0 Å². The standard InChI is InChI=1S/C12H10BrFN2O2/c1-6-7(2)16-18-12(6)15-11(17)8-3-4-10(14)9(13)5-8/h3-5H,1-2H3,(H,15,17). The van der Waals surface area contributed by atoms with Crippen molar-refractivity contribution in [3.63, 3.8) is 0 Å². The molecule has 4 nitrogen and oxygen atoms in total. The molecule has 0 unspecified atom stereocenters. The summed E-state index contributed by atoms with van der Waals surface area (Å²) < 4.78 is 18.3. The Morgan fingerprint density at radius 3 is 2.72 bits per heavy atom. The van der Waals surface area contributed by atoms with Gasteiger partial charge in [0.1, 0.15) is 5.82 Å². The molecule has 0 aliphatic carbocycles. The van der Waals surface area contributed by atoms with Gasteiger partial charge in [0.2, 0.25) is 5.88 Å². The molecular formula is C12H10BrFN2O2. The molecule has 1 N–H and O–H groups in total. The highest BCUT2D eigenvalue weighted by Gasteiger charge is 2.14. The van der Waals surface area contributed by atoms with Crippen LogP contribution in [-0.2, 0) is 0 Å². The zero-order valence-electron chi connectivity index (χ0n) is 9.75. The Morgan fingerprint density at radius 2 is 2.17 bits per heavy atom. The van der Waals surface area contributed by atoms with Gasteiger partial charge in [-0.05, 0) is 48.0 Å². The van der Waals surface area contributed by atoms with Crippen LogP contribution in [0, 0.1) is 19.7 Å². The van der Waals surface area contributed by atoms with Gasteiger partial charge in [0.15, 0.2) is 0 Å². The van der Waals surface area contributed by atoms with E-state index in [4.69, 9.17) is 4.52 Å². The Hall–Kier alpha value is -1.69. The van der Waals surface area contributed by atoms with E-state index in [-0.39, 0.29) is 10.4 Å². The molecule has 0 aliphatic rings. The van der Waals surface area contributed by atoms with Crippen LogP contribution in [0.5, 0.6) is 0 Å². The summed E-state index contributed by atoms with van der Waals surface area (Å²) in [5.74, 6) is -0.494. The number of hydrogen-bond donors (Lipinski definition) is 1. The topological polar surface area (TPSA) is 55.1 Å². The normalized spacial score (nSPS) is 10.4. The number of amides is 1. The third kappa shape index (κ3) is 2.43. The van der Waals surface area contributed by atoms with Gasteiger partial charge in [-0.3, -0.25) is 10.1 Å². The fraction of sp³-hybridized carbons (Fsp3) is 0.167. The van der Waals surface area contributed by atoms with Crippen LogP contribution in [0.2, 0.25) is 0 Å². The third-order valence-electron chi connectivity index (χ3n) is 2.57. The number of aryl methyl sites for hydroxylation is 1. The van der Waals surface area contributed by atoms with Crippen molar-refractivity contribution in [2.24, 2.45) is 0 Å². The summed E-state index contributed by atoms with van der Waals surface area (Å²) in [5, 5.41) is 6.32. The van der Waals surface area contributed by atoms with Crippen molar-refractivity contribution < 1.29 is 13.7 Å². The van der Waals surface area contributed by atoms with Crippen molar-refractivity contribution >= 4 is 27.7 Å². The van der Waals surface area contributed by atoms with Gasteiger partial charge >= 0.3 is 0 Å². The molecule has 1 aromatic heterocycles. The molecule has 0 spiro atoms. The number of hydrogen-bond acceptors (Lipinski definition) is 3. The van der Waals surface area contributed by atoms with Crippen molar-refractivity contribution in [2.75, 3.05) is 5.32 Å². The molecule has 18 heavy (non-hydrogen) atoms. The number of halogens is 2. The van der Waals surface area contributed by atoms with E-state index >= 15 is 0 Å². The first-order valence-electron chi connectivity index (χ1n) is 5.18. The molecule has 94 valence electrons. The van der Waals surface area contributed by atoms with Gasteiger partial charge in [-0.2, -0.15) is 0 Å². The number of aromatic nitrogens is 1. The molecule has 6 heteroatoms. The Balaban J connectivity index is 2.22. The second-order valence-corrected chi connectivity index (χ2v) is 4.66. The van der Waals surface area contributed by atoms with Crippen molar-refractivity contribution in [1.29, 1.82) is 0 Å². The predicted octanol–water partition coefficient (Wildman–Crippen LogP) is 3.45. The first-order valence-corrected chi connectivity index (χ1v) is 5.97. The van der Waals surface area contributed by atoms with Crippen LogP contribution in [0.3, 0.4) is 0 Å². The minimum Gasteiger partial charge on any atom is -0.338 e. The molecule has 0 bridgehead atoms. The first kappa shape index (κ1) is 12.8. The van der Waals surface area contributed by atoms with Crippen molar-refractivity contribution in [3.8, 4) is 0 Å². The quantitative estimate of drug-likeness (QED) is 0.924. The summed E-state index contributed by atoms with van der Waals surface area (Å²) in [6.07, 6.45) is 0. The average Bonchev–Trinajstić information content (AvgIpc) is 2.64. The highest BCUT2D eigenvalue weighted by molar-refractivity contribution is 9.10. The molecule has 1 heterocycles. The fourth-order valence-corrected chi connectivity index (χ4v) is 1.72. The van der Waals surface area contributed by atoms with E-state index in [9.17, 15) is 9.18 Å². The van der Waals surface area contributed by atoms with Crippen LogP contribution in [0.25, 0.3) is 0 Å². The summed E-state index contributed by atoms with van der Waals surface area (Å²) in [4.78, 5) is 11.9. The fourth-order valence-electron chi connectivity index (χ4n) is 1.34. The summed E-state index contributed by atoms with van der Waals surface area (Å²) in [5.41, 5.74) is 1.81. The van der Waals surface area contributed by atoms with E-state index in [2.05, 4.69) is 26.4 Å². The van der Waals surface area contributed by atoms with Crippen LogP contribution in [0.1, 0.15) is 21.6 Å². The lowest BCUT2D eigenvalue weighted by molar-refractivity contribution is 0.102. The molecule has 0 atom stereocenters. The van der Waals surface area contributed by atoms with Crippen molar-refractivity contribution in [2.45, 2.75) is 13.8 Å². The molecule has 0 aliphatic heterocycles.